The molecular formula is C43H35FN2O. The molecule has 6 aromatic carbocycles. The van der Waals surface area contributed by atoms with Gasteiger partial charge in [-0.15, -0.1) is 0 Å². The monoisotopic (exact) mass is 614 g/mol. The van der Waals surface area contributed by atoms with Gasteiger partial charge in [-0.2, -0.15) is 0 Å². The van der Waals surface area contributed by atoms with Gasteiger partial charge in [0.25, 0.3) is 0 Å². The van der Waals surface area contributed by atoms with Gasteiger partial charge >= 0.3 is 0 Å². The first-order valence-corrected chi connectivity index (χ1v) is 16.3. The molecule has 0 saturated carbocycles. The molecule has 3 nitrogen and oxygen atoms in total. The van der Waals surface area contributed by atoms with Gasteiger partial charge in [-0.05, 0) is 93.7 Å². The van der Waals surface area contributed by atoms with Crippen LogP contribution in [0.1, 0.15) is 50.7 Å². The number of rotatable bonds is 6. The molecule has 8 rings (SSSR count). The maximum Gasteiger partial charge on any atom is 0.149 e. The normalized spacial score (nSPS) is 11.9. The minimum absolute atomic E-state index is 0.232. The zero-order valence-corrected chi connectivity index (χ0v) is 27.0. The van der Waals surface area contributed by atoms with E-state index in [0.717, 1.165) is 44.6 Å². The van der Waals surface area contributed by atoms with Gasteiger partial charge < -0.3 is 4.42 Å². The van der Waals surface area contributed by atoms with Crippen LogP contribution in [0, 0.1) is 5.82 Å². The van der Waals surface area contributed by atoms with E-state index in [-0.39, 0.29) is 17.7 Å². The van der Waals surface area contributed by atoms with E-state index in [1.807, 2.05) is 54.6 Å². The Kier molecular flexibility index (Phi) is 7.02. The van der Waals surface area contributed by atoms with Gasteiger partial charge in [0, 0.05) is 5.39 Å². The summed E-state index contributed by atoms with van der Waals surface area (Å²) in [5.74, 6) is 0.886. The Balaban J connectivity index is 1.43. The molecular weight excluding hydrogens is 579 g/mol. The molecule has 0 fully saturated rings. The summed E-state index contributed by atoms with van der Waals surface area (Å²) in [6.45, 7) is 8.98. The summed E-state index contributed by atoms with van der Waals surface area (Å²) in [5, 5.41) is 1.22. The van der Waals surface area contributed by atoms with E-state index in [1.165, 1.54) is 22.3 Å². The SMILES string of the molecule is CC(C)c1cc(-c2ccccc2)cc(C(C)C)c1-n1c(-c2ccc(F)c3c2oc2cc(-c4ccccc4)ccc23)nc2ccccc21. The molecule has 47 heavy (non-hydrogen) atoms. The summed E-state index contributed by atoms with van der Waals surface area (Å²) in [6, 6.07) is 43.0. The van der Waals surface area contributed by atoms with Crippen molar-refractivity contribution in [1.82, 2.24) is 9.55 Å². The van der Waals surface area contributed by atoms with E-state index in [0.29, 0.717) is 16.6 Å². The van der Waals surface area contributed by atoms with E-state index in [2.05, 4.69) is 99.0 Å². The Labute approximate surface area is 273 Å². The minimum Gasteiger partial charge on any atom is -0.455 e. The average Bonchev–Trinajstić information content (AvgIpc) is 3.67. The number of nitrogens with zero attached hydrogens (tertiary/aromatic N) is 2. The van der Waals surface area contributed by atoms with Crippen LogP contribution >= 0.6 is 0 Å². The van der Waals surface area contributed by atoms with E-state index < -0.39 is 0 Å². The maximum absolute atomic E-state index is 15.8. The third-order valence-electron chi connectivity index (χ3n) is 9.22. The Bertz CT molecular complexity index is 2390. The first-order chi connectivity index (χ1) is 22.9. The Hall–Kier alpha value is -5.48. The molecule has 8 aromatic rings. The molecule has 0 bridgehead atoms. The van der Waals surface area contributed by atoms with Gasteiger partial charge in [-0.1, -0.05) is 107 Å². The summed E-state index contributed by atoms with van der Waals surface area (Å²) in [7, 11) is 0. The number of para-hydroxylation sites is 2. The first kappa shape index (κ1) is 29.0. The standard InChI is InChI=1S/C43H35FN2O/c1-26(2)34-23-31(29-15-9-6-10-16-29)24-35(27(3)4)41(34)46-38-18-12-11-17-37(38)45-43(46)33-21-22-36(44)40-32-20-19-30(25-39(32)47-42(33)40)28-13-7-5-8-14-28/h5-27H,1-4H3. The van der Waals surface area contributed by atoms with Gasteiger partial charge in [0.15, 0.2) is 0 Å². The van der Waals surface area contributed by atoms with Gasteiger partial charge in [-0.3, -0.25) is 4.57 Å². The van der Waals surface area contributed by atoms with Crippen LogP contribution in [-0.4, -0.2) is 9.55 Å². The van der Waals surface area contributed by atoms with Crippen LogP contribution in [0.15, 0.2) is 132 Å². The highest BCUT2D eigenvalue weighted by atomic mass is 19.1. The van der Waals surface area contributed by atoms with Crippen LogP contribution < -0.4 is 0 Å². The highest BCUT2D eigenvalue weighted by Crippen LogP contribution is 2.43. The number of hydrogen-bond acceptors (Lipinski definition) is 2. The molecule has 230 valence electrons. The largest absolute Gasteiger partial charge is 0.455 e. The quantitative estimate of drug-likeness (QED) is 0.187. The molecule has 0 radical (unpaired) electrons. The second-order valence-corrected chi connectivity index (χ2v) is 12.9. The van der Waals surface area contributed by atoms with Crippen LogP contribution in [0.4, 0.5) is 4.39 Å². The van der Waals surface area contributed by atoms with Crippen molar-refractivity contribution in [3.05, 3.63) is 144 Å². The second kappa shape index (κ2) is 11.4. The van der Waals surface area contributed by atoms with E-state index >= 15 is 4.39 Å². The van der Waals surface area contributed by atoms with Crippen molar-refractivity contribution >= 4 is 33.0 Å². The lowest BCUT2D eigenvalue weighted by atomic mass is 9.88. The molecule has 0 spiro atoms. The number of benzene rings is 6. The molecule has 2 heterocycles. The number of hydrogen-bond donors (Lipinski definition) is 0. The van der Waals surface area contributed by atoms with Crippen LogP contribution in [0.5, 0.6) is 0 Å². The van der Waals surface area contributed by atoms with Crippen molar-refractivity contribution in [3.8, 4) is 39.3 Å². The van der Waals surface area contributed by atoms with E-state index in [9.17, 15) is 0 Å². The summed E-state index contributed by atoms with van der Waals surface area (Å²) in [5.41, 5.74) is 11.9. The summed E-state index contributed by atoms with van der Waals surface area (Å²) < 4.78 is 24.6. The molecule has 0 aliphatic rings. The van der Waals surface area contributed by atoms with Crippen molar-refractivity contribution in [1.29, 1.82) is 0 Å². The predicted octanol–water partition coefficient (Wildman–Crippen LogP) is 12.3. The summed E-state index contributed by atoms with van der Waals surface area (Å²) in [4.78, 5) is 5.24. The van der Waals surface area contributed by atoms with Crippen molar-refractivity contribution in [3.63, 3.8) is 0 Å². The predicted molar refractivity (Wildman–Crippen MR) is 193 cm³/mol. The molecule has 0 amide bonds. The fourth-order valence-corrected chi connectivity index (χ4v) is 6.87. The van der Waals surface area contributed by atoms with E-state index in [1.54, 1.807) is 6.07 Å². The van der Waals surface area contributed by atoms with Crippen molar-refractivity contribution in [2.45, 2.75) is 39.5 Å². The minimum atomic E-state index is -0.310. The van der Waals surface area contributed by atoms with Crippen molar-refractivity contribution in [2.75, 3.05) is 0 Å². The molecule has 0 N–H and O–H groups in total. The fraction of sp³-hybridized carbons (Fsp3) is 0.140. The number of fused-ring (bicyclic) bond motifs is 4. The number of halogens is 1. The Morgan fingerprint density at radius 2 is 1.23 bits per heavy atom. The zero-order chi connectivity index (χ0) is 32.2. The molecule has 4 heteroatoms. The third kappa shape index (κ3) is 4.83. The van der Waals surface area contributed by atoms with Crippen molar-refractivity contribution in [2.24, 2.45) is 0 Å². The number of imidazole rings is 1. The van der Waals surface area contributed by atoms with Gasteiger partial charge in [0.1, 0.15) is 22.8 Å². The topological polar surface area (TPSA) is 31.0 Å². The molecule has 0 unspecified atom stereocenters. The zero-order valence-electron chi connectivity index (χ0n) is 27.0. The fourth-order valence-electron chi connectivity index (χ4n) is 6.87. The Morgan fingerprint density at radius 3 is 1.89 bits per heavy atom. The maximum atomic E-state index is 15.8. The van der Waals surface area contributed by atoms with Crippen LogP contribution in [-0.2, 0) is 0 Å². The van der Waals surface area contributed by atoms with E-state index in [4.69, 9.17) is 9.40 Å². The lowest BCUT2D eigenvalue weighted by molar-refractivity contribution is 0.634. The summed E-state index contributed by atoms with van der Waals surface area (Å²) >= 11 is 0. The first-order valence-electron chi connectivity index (χ1n) is 16.3. The van der Waals surface area contributed by atoms with Crippen LogP contribution in [0.25, 0.3) is 72.3 Å². The molecule has 0 aliphatic heterocycles. The molecule has 2 aromatic heterocycles. The van der Waals surface area contributed by atoms with Crippen LogP contribution in [0.2, 0.25) is 0 Å². The number of furan rings is 1. The van der Waals surface area contributed by atoms with Gasteiger partial charge in [-0.25, -0.2) is 9.37 Å². The third-order valence-corrected chi connectivity index (χ3v) is 9.22. The molecule has 0 aliphatic carbocycles. The highest BCUT2D eigenvalue weighted by Gasteiger charge is 2.26. The van der Waals surface area contributed by atoms with Gasteiger partial charge in [0.2, 0.25) is 0 Å². The van der Waals surface area contributed by atoms with Crippen LogP contribution in [0.3, 0.4) is 0 Å². The highest BCUT2D eigenvalue weighted by molar-refractivity contribution is 6.10. The molecule has 0 saturated heterocycles. The second-order valence-electron chi connectivity index (χ2n) is 12.9. The average molecular weight is 615 g/mol. The lowest BCUT2D eigenvalue weighted by Gasteiger charge is -2.24. The van der Waals surface area contributed by atoms with Gasteiger partial charge in [0.05, 0.1) is 27.7 Å². The molecule has 0 atom stereocenters. The number of aromatic nitrogens is 2. The summed E-state index contributed by atoms with van der Waals surface area (Å²) in [6.07, 6.45) is 0. The Morgan fingerprint density at radius 1 is 0.617 bits per heavy atom. The van der Waals surface area contributed by atoms with Crippen molar-refractivity contribution < 1.29 is 8.81 Å². The smallest absolute Gasteiger partial charge is 0.149 e. The lowest BCUT2D eigenvalue weighted by Crippen LogP contribution is -2.09.